The molecule has 0 radical (unpaired) electrons. The van der Waals surface area contributed by atoms with Gasteiger partial charge in [-0.3, -0.25) is 4.79 Å². The van der Waals surface area contributed by atoms with Crippen LogP contribution in [0.2, 0.25) is 0 Å². The summed E-state index contributed by atoms with van der Waals surface area (Å²) in [5.41, 5.74) is 3.20. The van der Waals surface area contributed by atoms with Gasteiger partial charge in [0, 0.05) is 12.0 Å². The zero-order chi connectivity index (χ0) is 12.7. The molecular formula is C16H22O. The minimum absolute atomic E-state index is 0.274. The maximum Gasteiger partial charge on any atom is 0.162 e. The molecule has 0 heterocycles. The molecule has 92 valence electrons. The lowest BCUT2D eigenvalue weighted by atomic mass is 10.0. The van der Waals surface area contributed by atoms with Gasteiger partial charge in [-0.1, -0.05) is 29.7 Å². The summed E-state index contributed by atoms with van der Waals surface area (Å²) in [6.07, 6.45) is 6.90. The Balaban J connectivity index is 2.44. The zero-order valence-electron chi connectivity index (χ0n) is 11.0. The molecule has 0 aromatic heterocycles. The Kier molecular flexibility index (Phi) is 5.68. The number of aryl methyl sites for hydroxylation is 2. The lowest BCUT2D eigenvalue weighted by molar-refractivity contribution is 0.0979. The Labute approximate surface area is 105 Å². The Bertz CT molecular complexity index is 370. The van der Waals surface area contributed by atoms with Crippen LogP contribution in [-0.4, -0.2) is 5.78 Å². The summed E-state index contributed by atoms with van der Waals surface area (Å²) in [6, 6.07) is 6.07. The first-order chi connectivity index (χ1) is 8.13. The first-order valence-corrected chi connectivity index (χ1v) is 6.36. The second kappa shape index (κ2) is 7.05. The van der Waals surface area contributed by atoms with E-state index in [-0.39, 0.29) is 5.78 Å². The van der Waals surface area contributed by atoms with Crippen LogP contribution in [0.25, 0.3) is 0 Å². The summed E-state index contributed by atoms with van der Waals surface area (Å²) in [5.74, 6) is 0.274. The quantitative estimate of drug-likeness (QED) is 0.379. The second-order valence-electron chi connectivity index (χ2n) is 4.69. The highest BCUT2D eigenvalue weighted by Gasteiger charge is 2.06. The van der Waals surface area contributed by atoms with Gasteiger partial charge in [-0.25, -0.2) is 0 Å². The molecule has 0 unspecified atom stereocenters. The fraction of sp³-hybridized carbons (Fsp3) is 0.438. The topological polar surface area (TPSA) is 17.1 Å². The van der Waals surface area contributed by atoms with E-state index in [0.717, 1.165) is 31.2 Å². The Morgan fingerprint density at radius 3 is 2.35 bits per heavy atom. The van der Waals surface area contributed by atoms with E-state index in [4.69, 9.17) is 0 Å². The first kappa shape index (κ1) is 13.7. The van der Waals surface area contributed by atoms with E-state index >= 15 is 0 Å². The largest absolute Gasteiger partial charge is 0.294 e. The lowest BCUT2D eigenvalue weighted by Crippen LogP contribution is -2.00. The van der Waals surface area contributed by atoms with Crippen molar-refractivity contribution in [3.05, 3.63) is 47.5 Å². The minimum atomic E-state index is 0.274. The minimum Gasteiger partial charge on any atom is -0.294 e. The maximum atomic E-state index is 12.0. The molecule has 0 fully saturated rings. The molecular weight excluding hydrogens is 208 g/mol. The van der Waals surface area contributed by atoms with Gasteiger partial charge in [0.1, 0.15) is 0 Å². The van der Waals surface area contributed by atoms with Crippen LogP contribution in [0.1, 0.15) is 53.6 Å². The summed E-state index contributed by atoms with van der Waals surface area (Å²) in [5, 5.41) is 0. The molecule has 1 heteroatoms. The number of hydrogen-bond donors (Lipinski definition) is 0. The van der Waals surface area contributed by atoms with E-state index in [9.17, 15) is 4.79 Å². The van der Waals surface area contributed by atoms with Crippen molar-refractivity contribution in [1.82, 2.24) is 0 Å². The number of benzene rings is 1. The number of allylic oxidation sites excluding steroid dienone is 1. The Hall–Kier alpha value is -1.37. The van der Waals surface area contributed by atoms with Crippen LogP contribution >= 0.6 is 0 Å². The van der Waals surface area contributed by atoms with E-state index in [0.29, 0.717) is 6.42 Å². The highest BCUT2D eigenvalue weighted by Crippen LogP contribution is 2.13. The van der Waals surface area contributed by atoms with Crippen LogP contribution in [-0.2, 0) is 0 Å². The first-order valence-electron chi connectivity index (χ1n) is 6.36. The summed E-state index contributed by atoms with van der Waals surface area (Å²) >= 11 is 0. The fourth-order valence-electron chi connectivity index (χ4n) is 2.03. The molecule has 0 N–H and O–H groups in total. The van der Waals surface area contributed by atoms with Gasteiger partial charge in [-0.15, -0.1) is 6.58 Å². The van der Waals surface area contributed by atoms with Crippen molar-refractivity contribution in [3.63, 3.8) is 0 Å². The Morgan fingerprint density at radius 1 is 1.12 bits per heavy atom. The highest BCUT2D eigenvalue weighted by molar-refractivity contribution is 5.96. The number of carbonyl (C=O) groups excluding carboxylic acids is 1. The fourth-order valence-corrected chi connectivity index (χ4v) is 2.03. The van der Waals surface area contributed by atoms with Gasteiger partial charge in [-0.2, -0.15) is 0 Å². The molecule has 1 aromatic rings. The van der Waals surface area contributed by atoms with Gasteiger partial charge >= 0.3 is 0 Å². The Morgan fingerprint density at radius 2 is 1.76 bits per heavy atom. The molecule has 1 rings (SSSR count). The zero-order valence-corrected chi connectivity index (χ0v) is 11.0. The summed E-state index contributed by atoms with van der Waals surface area (Å²) in [6.45, 7) is 7.76. The number of carbonyl (C=O) groups is 1. The molecule has 0 atom stereocenters. The van der Waals surface area contributed by atoms with E-state index in [1.54, 1.807) is 0 Å². The van der Waals surface area contributed by atoms with Gasteiger partial charge in [0.25, 0.3) is 0 Å². The summed E-state index contributed by atoms with van der Waals surface area (Å²) in [7, 11) is 0. The monoisotopic (exact) mass is 230 g/mol. The average Bonchev–Trinajstić information content (AvgIpc) is 2.27. The van der Waals surface area contributed by atoms with Crippen molar-refractivity contribution in [1.29, 1.82) is 0 Å². The molecule has 0 amide bonds. The predicted molar refractivity (Wildman–Crippen MR) is 73.5 cm³/mol. The SMILES string of the molecule is C=CCCCCCC(=O)c1cc(C)cc(C)c1. The number of rotatable bonds is 7. The second-order valence-corrected chi connectivity index (χ2v) is 4.69. The van der Waals surface area contributed by atoms with Crippen LogP contribution in [0.15, 0.2) is 30.9 Å². The van der Waals surface area contributed by atoms with E-state index in [1.165, 1.54) is 11.1 Å². The average molecular weight is 230 g/mol. The normalized spacial score (nSPS) is 10.2. The van der Waals surface area contributed by atoms with Crippen molar-refractivity contribution >= 4 is 5.78 Å². The molecule has 0 aliphatic heterocycles. The summed E-state index contributed by atoms with van der Waals surface area (Å²) in [4.78, 5) is 12.0. The molecule has 1 nitrogen and oxygen atoms in total. The third-order valence-corrected chi connectivity index (χ3v) is 2.86. The molecule has 0 aliphatic carbocycles. The maximum absolute atomic E-state index is 12.0. The van der Waals surface area contributed by atoms with E-state index < -0.39 is 0 Å². The van der Waals surface area contributed by atoms with Crippen LogP contribution < -0.4 is 0 Å². The molecule has 0 saturated heterocycles. The van der Waals surface area contributed by atoms with Crippen molar-refractivity contribution in [2.24, 2.45) is 0 Å². The third-order valence-electron chi connectivity index (χ3n) is 2.86. The van der Waals surface area contributed by atoms with Crippen LogP contribution in [0.3, 0.4) is 0 Å². The smallest absolute Gasteiger partial charge is 0.162 e. The molecule has 17 heavy (non-hydrogen) atoms. The van der Waals surface area contributed by atoms with Crippen LogP contribution in [0.4, 0.5) is 0 Å². The lowest BCUT2D eigenvalue weighted by Gasteiger charge is -2.04. The third kappa shape index (κ3) is 4.99. The van der Waals surface area contributed by atoms with Crippen molar-refractivity contribution < 1.29 is 4.79 Å². The molecule has 0 aliphatic rings. The van der Waals surface area contributed by atoms with Crippen molar-refractivity contribution in [3.8, 4) is 0 Å². The standard InChI is InChI=1S/C16H22O/c1-4-5-6-7-8-9-16(17)15-11-13(2)10-14(3)12-15/h4,10-12H,1,5-9H2,2-3H3. The predicted octanol–water partition coefficient (Wildman–Crippen LogP) is 4.62. The molecule has 1 aromatic carbocycles. The van der Waals surface area contributed by atoms with Crippen LogP contribution in [0.5, 0.6) is 0 Å². The van der Waals surface area contributed by atoms with Crippen molar-refractivity contribution in [2.75, 3.05) is 0 Å². The van der Waals surface area contributed by atoms with Gasteiger partial charge in [-0.05, 0) is 45.2 Å². The van der Waals surface area contributed by atoms with E-state index in [2.05, 4.69) is 12.6 Å². The van der Waals surface area contributed by atoms with Crippen molar-refractivity contribution in [2.45, 2.75) is 46.0 Å². The summed E-state index contributed by atoms with van der Waals surface area (Å²) < 4.78 is 0. The van der Waals surface area contributed by atoms with Gasteiger partial charge in [0.2, 0.25) is 0 Å². The number of ketones is 1. The molecule has 0 spiro atoms. The number of Topliss-reactive ketones (excluding diaryl/α,β-unsaturated/α-hetero) is 1. The van der Waals surface area contributed by atoms with Gasteiger partial charge in [0.15, 0.2) is 5.78 Å². The molecule has 0 saturated carbocycles. The molecule has 0 bridgehead atoms. The number of unbranched alkanes of at least 4 members (excludes halogenated alkanes) is 3. The van der Waals surface area contributed by atoms with Gasteiger partial charge < -0.3 is 0 Å². The van der Waals surface area contributed by atoms with Crippen LogP contribution in [0, 0.1) is 13.8 Å². The highest BCUT2D eigenvalue weighted by atomic mass is 16.1. The number of hydrogen-bond acceptors (Lipinski definition) is 1. The van der Waals surface area contributed by atoms with E-state index in [1.807, 2.05) is 32.1 Å². The van der Waals surface area contributed by atoms with Gasteiger partial charge in [0.05, 0.1) is 0 Å².